The minimum Gasteiger partial charge on any atom is -0.497 e. The van der Waals surface area contributed by atoms with E-state index in [1.807, 2.05) is 19.9 Å². The predicted octanol–water partition coefficient (Wildman–Crippen LogP) is 3.32. The van der Waals surface area contributed by atoms with E-state index in [0.717, 1.165) is 11.1 Å². The highest BCUT2D eigenvalue weighted by Crippen LogP contribution is 2.36. The summed E-state index contributed by atoms with van der Waals surface area (Å²) < 4.78 is 10.8. The number of hydrogen-bond acceptors (Lipinski definition) is 4. The van der Waals surface area contributed by atoms with Crippen molar-refractivity contribution >= 4 is 11.7 Å². The van der Waals surface area contributed by atoms with Crippen molar-refractivity contribution in [3.63, 3.8) is 0 Å². The average Bonchev–Trinajstić information content (AvgIpc) is 2.67. The standard InChI is InChI=1S/C21H23NO4/c1-5-22(6-2)21(24)14-11-18-17(19(12-14)26-4)10-13-9-15(25-3)7-8-16(13)20(18)23/h7-9,11-12H,5-6,10H2,1-4H3. The Balaban J connectivity index is 2.11. The Hall–Kier alpha value is -2.82. The van der Waals surface area contributed by atoms with Crippen molar-refractivity contribution in [2.45, 2.75) is 20.3 Å². The van der Waals surface area contributed by atoms with Gasteiger partial charge in [0.2, 0.25) is 0 Å². The monoisotopic (exact) mass is 353 g/mol. The summed E-state index contributed by atoms with van der Waals surface area (Å²) in [6.07, 6.45) is 0.566. The van der Waals surface area contributed by atoms with E-state index in [1.165, 1.54) is 0 Å². The van der Waals surface area contributed by atoms with Crippen LogP contribution in [0.2, 0.25) is 0 Å². The molecule has 0 saturated carbocycles. The quantitative estimate of drug-likeness (QED) is 0.706. The smallest absolute Gasteiger partial charge is 0.253 e. The van der Waals surface area contributed by atoms with Crippen LogP contribution >= 0.6 is 0 Å². The Labute approximate surface area is 153 Å². The van der Waals surface area contributed by atoms with Crippen molar-refractivity contribution in [3.05, 3.63) is 58.1 Å². The molecule has 3 rings (SSSR count). The second-order valence-electron chi connectivity index (χ2n) is 6.21. The van der Waals surface area contributed by atoms with Gasteiger partial charge in [-0.15, -0.1) is 0 Å². The number of ether oxygens (including phenoxy) is 2. The Bertz CT molecular complexity index is 869. The molecule has 2 aromatic rings. The summed E-state index contributed by atoms with van der Waals surface area (Å²) in [4.78, 5) is 27.5. The molecular weight excluding hydrogens is 330 g/mol. The second-order valence-corrected chi connectivity index (χ2v) is 6.21. The molecular formula is C21H23NO4. The Morgan fingerprint density at radius 2 is 1.77 bits per heavy atom. The molecule has 1 aliphatic carbocycles. The highest BCUT2D eigenvalue weighted by Gasteiger charge is 2.28. The van der Waals surface area contributed by atoms with Crippen molar-refractivity contribution in [3.8, 4) is 11.5 Å². The SMILES string of the molecule is CCN(CC)C(=O)c1cc(OC)c2c(c1)C(=O)c1ccc(OC)cc1C2. The number of nitrogens with zero attached hydrogens (tertiary/aromatic N) is 1. The van der Waals surface area contributed by atoms with E-state index in [0.29, 0.717) is 47.7 Å². The molecule has 1 aliphatic rings. The Morgan fingerprint density at radius 1 is 1.04 bits per heavy atom. The molecule has 2 aromatic carbocycles. The zero-order valence-corrected chi connectivity index (χ0v) is 15.6. The maximum atomic E-state index is 13.0. The Kier molecular flexibility index (Phi) is 4.98. The fraction of sp³-hybridized carbons (Fsp3) is 0.333. The van der Waals surface area contributed by atoms with Crippen molar-refractivity contribution in [1.29, 1.82) is 0 Å². The van der Waals surface area contributed by atoms with Crippen LogP contribution in [0.15, 0.2) is 30.3 Å². The number of rotatable bonds is 5. The topological polar surface area (TPSA) is 55.8 Å². The maximum absolute atomic E-state index is 13.0. The van der Waals surface area contributed by atoms with Crippen molar-refractivity contribution in [1.82, 2.24) is 4.90 Å². The van der Waals surface area contributed by atoms with Crippen molar-refractivity contribution in [2.75, 3.05) is 27.3 Å². The van der Waals surface area contributed by atoms with Gasteiger partial charge < -0.3 is 14.4 Å². The van der Waals surface area contributed by atoms with Crippen molar-refractivity contribution < 1.29 is 19.1 Å². The molecule has 5 heteroatoms. The molecule has 0 radical (unpaired) electrons. The minimum absolute atomic E-state index is 0.0867. The normalized spacial score (nSPS) is 12.2. The van der Waals surface area contributed by atoms with Crippen LogP contribution in [-0.2, 0) is 6.42 Å². The van der Waals surface area contributed by atoms with Gasteiger partial charge in [0, 0.05) is 41.8 Å². The summed E-state index contributed by atoms with van der Waals surface area (Å²) in [5, 5.41) is 0. The highest BCUT2D eigenvalue weighted by molar-refractivity contribution is 6.14. The van der Waals surface area contributed by atoms with Gasteiger partial charge >= 0.3 is 0 Å². The third-order valence-electron chi connectivity index (χ3n) is 4.90. The molecule has 0 heterocycles. The fourth-order valence-electron chi connectivity index (χ4n) is 3.43. The van der Waals surface area contributed by atoms with Gasteiger partial charge in [-0.3, -0.25) is 9.59 Å². The van der Waals surface area contributed by atoms with Gasteiger partial charge in [0.05, 0.1) is 14.2 Å². The lowest BCUT2D eigenvalue weighted by molar-refractivity contribution is 0.0772. The van der Waals surface area contributed by atoms with Gasteiger partial charge in [0.15, 0.2) is 5.78 Å². The lowest BCUT2D eigenvalue weighted by atomic mass is 9.83. The third kappa shape index (κ3) is 2.94. The molecule has 0 saturated heterocycles. The summed E-state index contributed by atoms with van der Waals surface area (Å²) in [6.45, 7) is 5.11. The molecule has 0 unspecified atom stereocenters. The van der Waals surface area contributed by atoms with E-state index in [9.17, 15) is 9.59 Å². The number of carbonyl (C=O) groups is 2. The number of methoxy groups -OCH3 is 2. The van der Waals surface area contributed by atoms with Crippen LogP contribution in [-0.4, -0.2) is 43.9 Å². The predicted molar refractivity (Wildman–Crippen MR) is 99.5 cm³/mol. The summed E-state index contributed by atoms with van der Waals surface area (Å²) in [7, 11) is 3.17. The first-order valence-electron chi connectivity index (χ1n) is 8.75. The van der Waals surface area contributed by atoms with Gasteiger partial charge in [-0.1, -0.05) is 0 Å². The molecule has 0 spiro atoms. The molecule has 0 bridgehead atoms. The number of ketones is 1. The van der Waals surface area contributed by atoms with Gasteiger partial charge in [-0.05, 0) is 49.7 Å². The molecule has 136 valence electrons. The molecule has 0 aliphatic heterocycles. The number of hydrogen-bond donors (Lipinski definition) is 0. The molecule has 5 nitrogen and oxygen atoms in total. The van der Waals surface area contributed by atoms with Crippen LogP contribution < -0.4 is 9.47 Å². The molecule has 26 heavy (non-hydrogen) atoms. The zero-order chi connectivity index (χ0) is 18.8. The maximum Gasteiger partial charge on any atom is 0.253 e. The van der Waals surface area contributed by atoms with Crippen LogP contribution in [0.4, 0.5) is 0 Å². The summed E-state index contributed by atoms with van der Waals surface area (Å²) in [6, 6.07) is 8.88. The van der Waals surface area contributed by atoms with Crippen molar-refractivity contribution in [2.24, 2.45) is 0 Å². The number of benzene rings is 2. The third-order valence-corrected chi connectivity index (χ3v) is 4.90. The first kappa shape index (κ1) is 18.0. The molecule has 0 aromatic heterocycles. The summed E-state index contributed by atoms with van der Waals surface area (Å²) >= 11 is 0. The number of carbonyl (C=O) groups excluding carboxylic acids is 2. The first-order valence-corrected chi connectivity index (χ1v) is 8.75. The molecule has 0 N–H and O–H groups in total. The fourth-order valence-corrected chi connectivity index (χ4v) is 3.43. The lowest BCUT2D eigenvalue weighted by Crippen LogP contribution is -2.31. The van der Waals surface area contributed by atoms with E-state index in [4.69, 9.17) is 9.47 Å². The van der Waals surface area contributed by atoms with Gasteiger partial charge in [-0.25, -0.2) is 0 Å². The molecule has 1 amide bonds. The second kappa shape index (κ2) is 7.20. The molecule has 0 fully saturated rings. The molecule has 0 atom stereocenters. The van der Waals surface area contributed by atoms with E-state index in [1.54, 1.807) is 43.4 Å². The lowest BCUT2D eigenvalue weighted by Gasteiger charge is -2.24. The zero-order valence-electron chi connectivity index (χ0n) is 15.6. The van der Waals surface area contributed by atoms with E-state index in [-0.39, 0.29) is 11.7 Å². The van der Waals surface area contributed by atoms with Gasteiger partial charge in [0.25, 0.3) is 5.91 Å². The van der Waals surface area contributed by atoms with Crippen LogP contribution in [0.25, 0.3) is 0 Å². The first-order chi connectivity index (χ1) is 12.5. The summed E-state index contributed by atoms with van der Waals surface area (Å²) in [5.41, 5.74) is 3.39. The van der Waals surface area contributed by atoms with Crippen LogP contribution in [0.5, 0.6) is 11.5 Å². The van der Waals surface area contributed by atoms with Gasteiger partial charge in [0.1, 0.15) is 11.5 Å². The Morgan fingerprint density at radius 3 is 2.38 bits per heavy atom. The van der Waals surface area contributed by atoms with E-state index >= 15 is 0 Å². The van der Waals surface area contributed by atoms with E-state index < -0.39 is 0 Å². The number of amides is 1. The van der Waals surface area contributed by atoms with Gasteiger partial charge in [-0.2, -0.15) is 0 Å². The minimum atomic E-state index is -0.0931. The highest BCUT2D eigenvalue weighted by atomic mass is 16.5. The average molecular weight is 353 g/mol. The van der Waals surface area contributed by atoms with Crippen LogP contribution in [0.1, 0.15) is 51.3 Å². The van der Waals surface area contributed by atoms with Crippen LogP contribution in [0, 0.1) is 0 Å². The van der Waals surface area contributed by atoms with E-state index in [2.05, 4.69) is 0 Å². The number of fused-ring (bicyclic) bond motifs is 2. The largest absolute Gasteiger partial charge is 0.497 e. The summed E-state index contributed by atoms with van der Waals surface area (Å²) in [5.74, 6) is 1.10. The van der Waals surface area contributed by atoms with Crippen LogP contribution in [0.3, 0.4) is 0 Å².